The van der Waals surface area contributed by atoms with Crippen LogP contribution in [0.2, 0.25) is 15.1 Å². The van der Waals surface area contributed by atoms with Crippen LogP contribution < -0.4 is 14.2 Å². The van der Waals surface area contributed by atoms with Crippen LogP contribution in [0.25, 0.3) is 0 Å². The number of hydrogen-bond acceptors (Lipinski definition) is 4. The van der Waals surface area contributed by atoms with E-state index in [1.54, 1.807) is 61.6 Å². The van der Waals surface area contributed by atoms with Crippen molar-refractivity contribution in [3.8, 4) is 23.0 Å². The number of nitrogens with zero attached hydrogens (tertiary/aromatic N) is 1. The molecule has 0 aliphatic carbocycles. The first-order chi connectivity index (χ1) is 18.4. The lowest BCUT2D eigenvalue weighted by Gasteiger charge is -2.24. The van der Waals surface area contributed by atoms with E-state index in [1.807, 2.05) is 42.5 Å². The van der Waals surface area contributed by atoms with Gasteiger partial charge in [-0.3, -0.25) is 4.79 Å². The molecule has 0 N–H and O–H groups in total. The second kappa shape index (κ2) is 12.9. The van der Waals surface area contributed by atoms with Crippen molar-refractivity contribution >= 4 is 40.7 Å². The Morgan fingerprint density at radius 1 is 0.737 bits per heavy atom. The van der Waals surface area contributed by atoms with Crippen molar-refractivity contribution in [3.05, 3.63) is 117 Å². The quantitative estimate of drug-likeness (QED) is 0.192. The highest BCUT2D eigenvalue weighted by Gasteiger charge is 2.20. The van der Waals surface area contributed by atoms with Crippen molar-refractivity contribution in [3.63, 3.8) is 0 Å². The Hall–Kier alpha value is -3.38. The highest BCUT2D eigenvalue weighted by Crippen LogP contribution is 2.29. The molecule has 0 saturated heterocycles. The fraction of sp³-hybridized carbons (Fsp3) is 0.167. The number of benzene rings is 4. The van der Waals surface area contributed by atoms with E-state index in [2.05, 4.69) is 0 Å². The minimum Gasteiger partial charge on any atom is -0.493 e. The summed E-state index contributed by atoms with van der Waals surface area (Å²) in [5.41, 5.74) is 2.29. The van der Waals surface area contributed by atoms with Crippen molar-refractivity contribution in [2.45, 2.75) is 13.0 Å². The maximum atomic E-state index is 13.6. The lowest BCUT2D eigenvalue weighted by atomic mass is 10.1. The lowest BCUT2D eigenvalue weighted by Crippen LogP contribution is -2.32. The third kappa shape index (κ3) is 7.13. The molecule has 0 bridgehead atoms. The summed E-state index contributed by atoms with van der Waals surface area (Å²) in [6, 6.07) is 25.4. The predicted octanol–water partition coefficient (Wildman–Crippen LogP) is 8.34. The third-order valence-electron chi connectivity index (χ3n) is 5.89. The lowest BCUT2D eigenvalue weighted by molar-refractivity contribution is 0.0745. The number of amides is 1. The number of methoxy groups -OCH3 is 2. The molecular weight excluding hydrogens is 545 g/mol. The summed E-state index contributed by atoms with van der Waals surface area (Å²) < 4.78 is 16.8. The average molecular weight is 571 g/mol. The van der Waals surface area contributed by atoms with Gasteiger partial charge in [0.2, 0.25) is 0 Å². The Bertz CT molecular complexity index is 1410. The van der Waals surface area contributed by atoms with Crippen LogP contribution in [0.4, 0.5) is 0 Å². The highest BCUT2D eigenvalue weighted by molar-refractivity contribution is 6.36. The van der Waals surface area contributed by atoms with Gasteiger partial charge in [-0.15, -0.1) is 0 Å². The molecule has 0 unspecified atom stereocenters. The van der Waals surface area contributed by atoms with E-state index in [9.17, 15) is 4.79 Å². The van der Waals surface area contributed by atoms with E-state index in [-0.39, 0.29) is 5.91 Å². The van der Waals surface area contributed by atoms with Gasteiger partial charge >= 0.3 is 0 Å². The molecule has 0 fully saturated rings. The Balaban J connectivity index is 1.57. The van der Waals surface area contributed by atoms with Crippen LogP contribution in [-0.4, -0.2) is 31.6 Å². The van der Waals surface area contributed by atoms with Crippen molar-refractivity contribution < 1.29 is 19.0 Å². The first kappa shape index (κ1) is 27.6. The number of ether oxygens (including phenoxy) is 3. The summed E-state index contributed by atoms with van der Waals surface area (Å²) in [4.78, 5) is 15.4. The van der Waals surface area contributed by atoms with Crippen LogP contribution in [0.1, 0.15) is 21.5 Å². The molecule has 38 heavy (non-hydrogen) atoms. The van der Waals surface area contributed by atoms with Gasteiger partial charge in [0, 0.05) is 23.1 Å². The second-order valence-electron chi connectivity index (χ2n) is 8.49. The van der Waals surface area contributed by atoms with Crippen molar-refractivity contribution in [2.75, 3.05) is 20.8 Å². The van der Waals surface area contributed by atoms with Gasteiger partial charge in [0.25, 0.3) is 5.91 Å². The summed E-state index contributed by atoms with van der Waals surface area (Å²) in [6.07, 6.45) is 0.596. The normalized spacial score (nSPS) is 10.7. The molecule has 0 spiro atoms. The fourth-order valence-corrected chi connectivity index (χ4v) is 4.57. The Labute approximate surface area is 237 Å². The van der Waals surface area contributed by atoms with Crippen molar-refractivity contribution in [2.24, 2.45) is 0 Å². The van der Waals surface area contributed by atoms with Crippen molar-refractivity contribution in [1.29, 1.82) is 0 Å². The summed E-state index contributed by atoms with van der Waals surface area (Å²) in [7, 11) is 3.19. The molecule has 0 atom stereocenters. The van der Waals surface area contributed by atoms with Gasteiger partial charge in [-0.25, -0.2) is 0 Å². The largest absolute Gasteiger partial charge is 0.493 e. The number of carbonyl (C=O) groups excluding carboxylic acids is 1. The third-order valence-corrected chi connectivity index (χ3v) is 6.69. The Kier molecular flexibility index (Phi) is 9.40. The number of hydrogen-bond donors (Lipinski definition) is 0. The fourth-order valence-electron chi connectivity index (χ4n) is 3.95. The molecule has 0 heterocycles. The summed E-state index contributed by atoms with van der Waals surface area (Å²) >= 11 is 18.4. The van der Waals surface area contributed by atoms with Gasteiger partial charge < -0.3 is 19.1 Å². The van der Waals surface area contributed by atoms with E-state index in [1.165, 1.54) is 0 Å². The zero-order chi connectivity index (χ0) is 27.1. The van der Waals surface area contributed by atoms with Gasteiger partial charge in [0.1, 0.15) is 11.5 Å². The molecule has 4 aromatic carbocycles. The Morgan fingerprint density at radius 2 is 1.47 bits per heavy atom. The molecule has 196 valence electrons. The molecule has 4 aromatic rings. The maximum Gasteiger partial charge on any atom is 0.255 e. The number of carbonyl (C=O) groups is 1. The van der Waals surface area contributed by atoms with E-state index >= 15 is 0 Å². The van der Waals surface area contributed by atoms with E-state index in [0.717, 1.165) is 11.1 Å². The SMILES string of the molecule is COc1ccc(CCN(Cc2cccc(Oc3ccc(Cl)cc3)c2)C(=O)c2ccc(Cl)cc2Cl)cc1OC. The molecule has 0 aliphatic rings. The summed E-state index contributed by atoms with van der Waals surface area (Å²) in [5.74, 6) is 2.41. The van der Waals surface area contributed by atoms with Crippen LogP contribution >= 0.6 is 34.8 Å². The minimum absolute atomic E-state index is 0.198. The molecule has 0 saturated carbocycles. The first-order valence-electron chi connectivity index (χ1n) is 11.8. The summed E-state index contributed by atoms with van der Waals surface area (Å²) in [6.45, 7) is 0.790. The highest BCUT2D eigenvalue weighted by atomic mass is 35.5. The standard InChI is InChI=1S/C30H26Cl3NO4/c1-36-28-13-6-20(17-29(28)37-2)14-15-34(30(35)26-12-9-23(32)18-27(26)33)19-21-4-3-5-25(16-21)38-24-10-7-22(31)8-11-24/h3-13,16-18H,14-15,19H2,1-2H3. The van der Waals surface area contributed by atoms with Crippen LogP contribution in [0, 0.1) is 0 Å². The second-order valence-corrected chi connectivity index (χ2v) is 9.77. The van der Waals surface area contributed by atoms with Gasteiger partial charge in [-0.05, 0) is 84.3 Å². The van der Waals surface area contributed by atoms with Crippen LogP contribution in [-0.2, 0) is 13.0 Å². The van der Waals surface area contributed by atoms with Gasteiger partial charge in [-0.2, -0.15) is 0 Å². The first-order valence-corrected chi connectivity index (χ1v) is 13.0. The van der Waals surface area contributed by atoms with Crippen molar-refractivity contribution in [1.82, 2.24) is 4.90 Å². The molecule has 8 heteroatoms. The van der Waals surface area contributed by atoms with Crippen LogP contribution in [0.15, 0.2) is 84.9 Å². The molecule has 0 radical (unpaired) electrons. The van der Waals surface area contributed by atoms with E-state index in [0.29, 0.717) is 63.1 Å². The maximum absolute atomic E-state index is 13.6. The predicted molar refractivity (Wildman–Crippen MR) is 152 cm³/mol. The molecular formula is C30H26Cl3NO4. The zero-order valence-electron chi connectivity index (χ0n) is 20.9. The molecule has 0 aliphatic heterocycles. The smallest absolute Gasteiger partial charge is 0.255 e. The topological polar surface area (TPSA) is 48.0 Å². The zero-order valence-corrected chi connectivity index (χ0v) is 23.2. The average Bonchev–Trinajstić information content (AvgIpc) is 2.92. The monoisotopic (exact) mass is 569 g/mol. The summed E-state index contributed by atoms with van der Waals surface area (Å²) in [5, 5.41) is 1.41. The van der Waals surface area contributed by atoms with E-state index < -0.39 is 0 Å². The van der Waals surface area contributed by atoms with Gasteiger partial charge in [-0.1, -0.05) is 53.0 Å². The molecule has 4 rings (SSSR count). The number of halogens is 3. The molecule has 5 nitrogen and oxygen atoms in total. The van der Waals surface area contributed by atoms with E-state index in [4.69, 9.17) is 49.0 Å². The van der Waals surface area contributed by atoms with Crippen LogP contribution in [0.3, 0.4) is 0 Å². The van der Waals surface area contributed by atoms with Gasteiger partial charge in [0.05, 0.1) is 24.8 Å². The van der Waals surface area contributed by atoms with Crippen LogP contribution in [0.5, 0.6) is 23.0 Å². The number of rotatable bonds is 10. The minimum atomic E-state index is -0.198. The molecule has 0 aromatic heterocycles. The molecule has 1 amide bonds. The Morgan fingerprint density at radius 3 is 2.18 bits per heavy atom. The van der Waals surface area contributed by atoms with Gasteiger partial charge in [0.15, 0.2) is 11.5 Å².